The minimum Gasteiger partial charge on any atom is -0.496 e. The lowest BCUT2D eigenvalue weighted by Crippen LogP contribution is -2.22. The van der Waals surface area contributed by atoms with E-state index in [0.717, 1.165) is 41.0 Å². The smallest absolute Gasteiger partial charge is 0.130 e. The molecule has 0 spiro atoms. The number of aryl methyl sites for hydroxylation is 2. The molecule has 0 saturated carbocycles. The average Bonchev–Trinajstić information content (AvgIpc) is 3.25. The van der Waals surface area contributed by atoms with E-state index in [2.05, 4.69) is 69.6 Å². The Balaban J connectivity index is 1.73. The third-order valence-electron chi connectivity index (χ3n) is 6.02. The van der Waals surface area contributed by atoms with Gasteiger partial charge in [-0.3, -0.25) is 9.36 Å². The van der Waals surface area contributed by atoms with Crippen LogP contribution in [0.25, 0.3) is 21.8 Å². The fourth-order valence-electron chi connectivity index (χ4n) is 4.28. The monoisotopic (exact) mass is 404 g/mol. The fourth-order valence-corrected chi connectivity index (χ4v) is 4.28. The molecule has 0 aliphatic heterocycles. The lowest BCUT2D eigenvalue weighted by Gasteiger charge is -2.23. The number of methoxy groups -OCH3 is 1. The van der Waals surface area contributed by atoms with Crippen LogP contribution in [0.4, 0.5) is 0 Å². The van der Waals surface area contributed by atoms with Crippen LogP contribution in [0.15, 0.2) is 42.5 Å². The van der Waals surface area contributed by atoms with Crippen molar-refractivity contribution < 1.29 is 4.74 Å². The zero-order valence-electron chi connectivity index (χ0n) is 19.2. The summed E-state index contributed by atoms with van der Waals surface area (Å²) in [5.41, 5.74) is 4.37. The van der Waals surface area contributed by atoms with E-state index in [-0.39, 0.29) is 10.8 Å². The van der Waals surface area contributed by atoms with Crippen LogP contribution in [-0.4, -0.2) is 26.7 Å². The summed E-state index contributed by atoms with van der Waals surface area (Å²) >= 11 is 0. The maximum absolute atomic E-state index is 5.68. The van der Waals surface area contributed by atoms with Crippen LogP contribution < -0.4 is 4.74 Å². The summed E-state index contributed by atoms with van der Waals surface area (Å²) in [6.07, 6.45) is 0.936. The molecule has 5 heteroatoms. The molecule has 0 fully saturated rings. The van der Waals surface area contributed by atoms with Crippen molar-refractivity contribution in [3.63, 3.8) is 0 Å². The van der Waals surface area contributed by atoms with Crippen LogP contribution in [0, 0.1) is 0 Å². The van der Waals surface area contributed by atoms with Gasteiger partial charge in [0.25, 0.3) is 0 Å². The third-order valence-corrected chi connectivity index (χ3v) is 6.02. The number of aromatic nitrogens is 4. The maximum Gasteiger partial charge on any atom is 0.130 e. The molecule has 0 amide bonds. The Morgan fingerprint density at radius 2 is 1.57 bits per heavy atom. The topological polar surface area (TPSA) is 44.9 Å². The quantitative estimate of drug-likeness (QED) is 0.435. The van der Waals surface area contributed by atoms with Crippen molar-refractivity contribution in [3.05, 3.63) is 53.9 Å². The lowest BCUT2D eigenvalue weighted by atomic mass is 9.84. The minimum atomic E-state index is -0.0834. The first-order chi connectivity index (χ1) is 14.1. The lowest BCUT2D eigenvalue weighted by molar-refractivity contribution is 0.410. The van der Waals surface area contributed by atoms with Gasteiger partial charge in [-0.15, -0.1) is 0 Å². The largest absolute Gasteiger partial charge is 0.496 e. The molecule has 2 heterocycles. The van der Waals surface area contributed by atoms with Crippen LogP contribution in [0.3, 0.4) is 0 Å². The molecule has 4 aromatic rings. The van der Waals surface area contributed by atoms with E-state index in [4.69, 9.17) is 14.9 Å². The summed E-state index contributed by atoms with van der Waals surface area (Å²) in [6, 6.07) is 14.7. The van der Waals surface area contributed by atoms with Crippen molar-refractivity contribution in [1.29, 1.82) is 0 Å². The van der Waals surface area contributed by atoms with Crippen molar-refractivity contribution in [3.8, 4) is 5.75 Å². The van der Waals surface area contributed by atoms with Gasteiger partial charge in [-0.2, -0.15) is 10.2 Å². The zero-order valence-corrected chi connectivity index (χ0v) is 19.2. The summed E-state index contributed by atoms with van der Waals surface area (Å²) < 4.78 is 9.80. The molecule has 0 saturated heterocycles. The maximum atomic E-state index is 5.68. The van der Waals surface area contributed by atoms with Crippen LogP contribution in [-0.2, 0) is 24.4 Å². The van der Waals surface area contributed by atoms with E-state index in [9.17, 15) is 0 Å². The van der Waals surface area contributed by atoms with Gasteiger partial charge in [0.2, 0.25) is 0 Å². The van der Waals surface area contributed by atoms with Crippen LogP contribution in [0.5, 0.6) is 5.75 Å². The Bertz CT molecular complexity index is 1210. The number of fused-ring (bicyclic) bond motifs is 2. The zero-order chi connectivity index (χ0) is 21.7. The second-order valence-electron chi connectivity index (χ2n) is 9.80. The van der Waals surface area contributed by atoms with E-state index in [1.165, 1.54) is 10.9 Å². The highest BCUT2D eigenvalue weighted by atomic mass is 16.5. The van der Waals surface area contributed by atoms with Crippen molar-refractivity contribution >= 4 is 21.8 Å². The normalized spacial score (nSPS) is 12.8. The van der Waals surface area contributed by atoms with Crippen LogP contribution >= 0.6 is 0 Å². The third kappa shape index (κ3) is 3.36. The molecule has 0 aliphatic rings. The van der Waals surface area contributed by atoms with E-state index >= 15 is 0 Å². The molecule has 2 aromatic carbocycles. The minimum absolute atomic E-state index is 0.0646. The number of nitrogens with zero attached hydrogens (tertiary/aromatic N) is 4. The Morgan fingerprint density at radius 1 is 0.867 bits per heavy atom. The Labute approximate surface area is 178 Å². The molecule has 0 unspecified atom stereocenters. The van der Waals surface area contributed by atoms with E-state index in [0.29, 0.717) is 0 Å². The molecule has 30 heavy (non-hydrogen) atoms. The molecule has 0 aliphatic carbocycles. The average molecular weight is 405 g/mol. The van der Waals surface area contributed by atoms with Crippen molar-refractivity contribution in [2.45, 2.75) is 58.4 Å². The van der Waals surface area contributed by atoms with Crippen molar-refractivity contribution in [2.24, 2.45) is 7.05 Å². The van der Waals surface area contributed by atoms with Gasteiger partial charge in [0.15, 0.2) is 0 Å². The molecule has 0 N–H and O–H groups in total. The SMILES string of the molecule is COc1cccc2c1c(C(C)(C)C)nn2CCC(C)(C)c1nn(C)c2ccccc12. The predicted octanol–water partition coefficient (Wildman–Crippen LogP) is 5.60. The van der Waals surface area contributed by atoms with Gasteiger partial charge in [0.05, 0.1) is 34.9 Å². The highest BCUT2D eigenvalue weighted by Crippen LogP contribution is 2.37. The number of hydrogen-bond acceptors (Lipinski definition) is 3. The molecule has 0 bridgehead atoms. The Hall–Kier alpha value is -2.82. The Morgan fingerprint density at radius 3 is 2.27 bits per heavy atom. The summed E-state index contributed by atoms with van der Waals surface area (Å²) in [4.78, 5) is 0. The fraction of sp³-hybridized carbons (Fsp3) is 0.440. The molecule has 158 valence electrons. The van der Waals surface area contributed by atoms with Gasteiger partial charge in [-0.1, -0.05) is 58.9 Å². The molecule has 0 radical (unpaired) electrons. The van der Waals surface area contributed by atoms with Gasteiger partial charge >= 0.3 is 0 Å². The summed E-state index contributed by atoms with van der Waals surface area (Å²) in [7, 11) is 3.75. The number of rotatable bonds is 5. The van der Waals surface area contributed by atoms with Gasteiger partial charge in [-0.25, -0.2) is 0 Å². The number of ether oxygens (including phenoxy) is 1. The van der Waals surface area contributed by atoms with E-state index < -0.39 is 0 Å². The summed E-state index contributed by atoms with van der Waals surface area (Å²) in [5.74, 6) is 0.888. The highest BCUT2D eigenvalue weighted by molar-refractivity contribution is 5.89. The van der Waals surface area contributed by atoms with Gasteiger partial charge < -0.3 is 4.74 Å². The highest BCUT2D eigenvalue weighted by Gasteiger charge is 2.29. The summed E-state index contributed by atoms with van der Waals surface area (Å²) in [6.45, 7) is 12.0. The first kappa shape index (κ1) is 20.5. The standard InChI is InChI=1S/C25H32N4O/c1-24(2,3)23-21-19(13-10-14-20(21)30-7)29(27-23)16-15-25(4,5)22-17-11-8-9-12-18(17)28(6)26-22/h8-14H,15-16H2,1-7H3. The molecule has 5 nitrogen and oxygen atoms in total. The van der Waals surface area contributed by atoms with E-state index in [1.54, 1.807) is 7.11 Å². The van der Waals surface area contributed by atoms with Gasteiger partial charge in [0.1, 0.15) is 5.75 Å². The molecule has 0 atom stereocenters. The van der Waals surface area contributed by atoms with Crippen molar-refractivity contribution in [2.75, 3.05) is 7.11 Å². The number of hydrogen-bond donors (Lipinski definition) is 0. The summed E-state index contributed by atoms with van der Waals surface area (Å²) in [5, 5.41) is 12.3. The number of benzene rings is 2. The molecular formula is C25H32N4O. The molecule has 4 rings (SSSR count). The van der Waals surface area contributed by atoms with Crippen molar-refractivity contribution in [1.82, 2.24) is 19.6 Å². The van der Waals surface area contributed by atoms with Crippen LogP contribution in [0.1, 0.15) is 52.4 Å². The van der Waals surface area contributed by atoms with E-state index in [1.807, 2.05) is 23.9 Å². The second-order valence-corrected chi connectivity index (χ2v) is 9.80. The first-order valence-electron chi connectivity index (χ1n) is 10.6. The number of para-hydroxylation sites is 1. The van der Waals surface area contributed by atoms with Crippen LogP contribution in [0.2, 0.25) is 0 Å². The molecular weight excluding hydrogens is 372 g/mol. The predicted molar refractivity (Wildman–Crippen MR) is 123 cm³/mol. The van der Waals surface area contributed by atoms with Gasteiger partial charge in [0, 0.05) is 29.8 Å². The van der Waals surface area contributed by atoms with Gasteiger partial charge in [-0.05, 0) is 24.6 Å². The second kappa shape index (κ2) is 7.15. The molecule has 2 aromatic heterocycles. The Kier molecular flexibility index (Phi) is 4.88. The first-order valence-corrected chi connectivity index (χ1v) is 10.6.